The number of carbonyl (C=O) groups excluding carboxylic acids is 1. The minimum atomic E-state index is -0.489. The van der Waals surface area contributed by atoms with E-state index in [1.807, 2.05) is 0 Å². The monoisotopic (exact) mass is 315 g/mol. The van der Waals surface area contributed by atoms with Crippen LogP contribution in [-0.4, -0.2) is 51.5 Å². The van der Waals surface area contributed by atoms with Gasteiger partial charge in [0.05, 0.1) is 12.4 Å². The van der Waals surface area contributed by atoms with Crippen molar-refractivity contribution >= 4 is 5.91 Å². The van der Waals surface area contributed by atoms with E-state index < -0.39 is 5.82 Å². The van der Waals surface area contributed by atoms with E-state index >= 15 is 0 Å². The van der Waals surface area contributed by atoms with E-state index in [0.717, 1.165) is 19.5 Å². The molecule has 0 saturated carbocycles. The predicted molar refractivity (Wildman–Crippen MR) is 81.9 cm³/mol. The fraction of sp³-hybridized carbons (Fsp3) is 0.438. The Morgan fingerprint density at radius 1 is 1.35 bits per heavy atom. The summed E-state index contributed by atoms with van der Waals surface area (Å²) in [6.07, 6.45) is 4.09. The van der Waals surface area contributed by atoms with E-state index in [9.17, 15) is 9.18 Å². The minimum absolute atomic E-state index is 0.0604. The van der Waals surface area contributed by atoms with Crippen LogP contribution >= 0.6 is 0 Å². The van der Waals surface area contributed by atoms with Crippen molar-refractivity contribution in [2.24, 2.45) is 5.92 Å². The molecule has 2 saturated heterocycles. The Balaban J connectivity index is 1.73. The van der Waals surface area contributed by atoms with Gasteiger partial charge >= 0.3 is 0 Å². The van der Waals surface area contributed by atoms with Crippen LogP contribution in [0.25, 0.3) is 5.69 Å². The van der Waals surface area contributed by atoms with E-state index in [2.05, 4.69) is 15.5 Å². The lowest BCUT2D eigenvalue weighted by molar-refractivity contribution is 0.00242. The number of piperidine rings is 1. The van der Waals surface area contributed by atoms with Gasteiger partial charge in [-0.15, -0.1) is 0 Å². The van der Waals surface area contributed by atoms with E-state index in [1.165, 1.54) is 17.2 Å². The number of benzene rings is 1. The third-order valence-electron chi connectivity index (χ3n) is 4.84. The van der Waals surface area contributed by atoms with Crippen LogP contribution in [0.15, 0.2) is 24.5 Å². The number of aromatic nitrogens is 3. The van der Waals surface area contributed by atoms with Gasteiger partial charge < -0.3 is 10.2 Å². The average Bonchev–Trinajstić information content (AvgIpc) is 3.05. The number of amides is 1. The quantitative estimate of drug-likeness (QED) is 0.903. The Labute approximate surface area is 133 Å². The molecule has 0 bridgehead atoms. The number of hydrogen-bond acceptors (Lipinski definition) is 4. The van der Waals surface area contributed by atoms with E-state index in [0.29, 0.717) is 23.7 Å². The molecule has 2 fully saturated rings. The summed E-state index contributed by atoms with van der Waals surface area (Å²) in [4.78, 5) is 16.0. The largest absolute Gasteiger partial charge is 0.334 e. The van der Waals surface area contributed by atoms with Gasteiger partial charge in [-0.3, -0.25) is 4.79 Å². The zero-order chi connectivity index (χ0) is 16.0. The number of halogens is 1. The van der Waals surface area contributed by atoms with Gasteiger partial charge in [-0.2, -0.15) is 15.0 Å². The second kappa shape index (κ2) is 5.42. The molecular weight excluding hydrogens is 297 g/mol. The van der Waals surface area contributed by atoms with E-state index in [-0.39, 0.29) is 17.5 Å². The average molecular weight is 315 g/mol. The molecule has 2 atom stereocenters. The number of rotatable bonds is 2. The van der Waals surface area contributed by atoms with Crippen molar-refractivity contribution in [2.75, 3.05) is 19.6 Å². The summed E-state index contributed by atoms with van der Waals surface area (Å²) in [5, 5.41) is 11.4. The van der Waals surface area contributed by atoms with Gasteiger partial charge in [-0.1, -0.05) is 6.07 Å². The molecule has 1 amide bonds. The summed E-state index contributed by atoms with van der Waals surface area (Å²) in [5.74, 6) is -0.236. The third-order valence-corrected chi connectivity index (χ3v) is 4.84. The van der Waals surface area contributed by atoms with Crippen molar-refractivity contribution in [3.05, 3.63) is 41.5 Å². The summed E-state index contributed by atoms with van der Waals surface area (Å²) in [7, 11) is 0. The Morgan fingerprint density at radius 2 is 2.13 bits per heavy atom. The molecule has 2 aromatic rings. The summed E-state index contributed by atoms with van der Waals surface area (Å²) >= 11 is 0. The second-order valence-electron chi connectivity index (χ2n) is 6.19. The number of nitrogens with one attached hydrogen (secondary N) is 1. The van der Waals surface area contributed by atoms with Crippen LogP contribution in [0.2, 0.25) is 0 Å². The molecule has 23 heavy (non-hydrogen) atoms. The second-order valence-corrected chi connectivity index (χ2v) is 6.19. The Kier molecular flexibility index (Phi) is 3.37. The van der Waals surface area contributed by atoms with Crippen LogP contribution in [0, 0.1) is 18.7 Å². The molecule has 1 N–H and O–H groups in total. The molecular formula is C16H18FN5O. The summed E-state index contributed by atoms with van der Waals surface area (Å²) < 4.78 is 14.7. The fourth-order valence-corrected chi connectivity index (χ4v) is 3.48. The van der Waals surface area contributed by atoms with Crippen LogP contribution in [0.5, 0.6) is 0 Å². The van der Waals surface area contributed by atoms with Crippen LogP contribution < -0.4 is 5.32 Å². The highest BCUT2D eigenvalue weighted by Crippen LogP contribution is 2.33. The van der Waals surface area contributed by atoms with Crippen molar-refractivity contribution < 1.29 is 9.18 Å². The lowest BCUT2D eigenvalue weighted by Crippen LogP contribution is -2.65. The maximum Gasteiger partial charge on any atom is 0.259 e. The van der Waals surface area contributed by atoms with Gasteiger partial charge in [0.2, 0.25) is 0 Å². The summed E-state index contributed by atoms with van der Waals surface area (Å²) in [6.45, 7) is 4.13. The molecule has 120 valence electrons. The lowest BCUT2D eigenvalue weighted by atomic mass is 9.82. The SMILES string of the molecule is Cc1ccc(-n2nccn2)c(C(=O)N2CC3CCNCC32)c1F. The number of fused-ring (bicyclic) bond motifs is 1. The first-order valence-electron chi connectivity index (χ1n) is 7.84. The third kappa shape index (κ3) is 2.23. The molecule has 0 spiro atoms. The first-order valence-corrected chi connectivity index (χ1v) is 7.84. The molecule has 3 heterocycles. The standard InChI is InChI=1S/C16H18FN5O/c1-10-2-3-12(22-19-6-7-20-22)14(15(10)17)16(23)21-9-11-4-5-18-8-13(11)21/h2-3,6-7,11,13,18H,4-5,8-9H2,1H3. The van der Waals surface area contributed by atoms with Crippen molar-refractivity contribution in [3.63, 3.8) is 0 Å². The van der Waals surface area contributed by atoms with Crippen LogP contribution in [0.1, 0.15) is 22.3 Å². The number of carbonyl (C=O) groups is 1. The number of likely N-dealkylation sites (tertiary alicyclic amines) is 1. The lowest BCUT2D eigenvalue weighted by Gasteiger charge is -2.51. The number of nitrogens with zero attached hydrogens (tertiary/aromatic N) is 4. The molecule has 1 aromatic heterocycles. The van der Waals surface area contributed by atoms with Crippen molar-refractivity contribution in [3.8, 4) is 5.69 Å². The van der Waals surface area contributed by atoms with Gasteiger partial charge in [-0.05, 0) is 37.4 Å². The molecule has 4 rings (SSSR count). The van der Waals surface area contributed by atoms with Gasteiger partial charge in [0.15, 0.2) is 0 Å². The normalized spacial score (nSPS) is 23.3. The Bertz CT molecular complexity index is 745. The van der Waals surface area contributed by atoms with Crippen molar-refractivity contribution in [1.29, 1.82) is 0 Å². The molecule has 2 aliphatic rings. The number of hydrogen-bond donors (Lipinski definition) is 1. The van der Waals surface area contributed by atoms with Crippen LogP contribution in [-0.2, 0) is 0 Å². The van der Waals surface area contributed by atoms with E-state index in [1.54, 1.807) is 24.0 Å². The fourth-order valence-electron chi connectivity index (χ4n) is 3.48. The predicted octanol–water partition coefficient (Wildman–Crippen LogP) is 1.15. The zero-order valence-electron chi connectivity index (χ0n) is 12.9. The topological polar surface area (TPSA) is 63.1 Å². The van der Waals surface area contributed by atoms with Crippen molar-refractivity contribution in [2.45, 2.75) is 19.4 Å². The molecule has 2 unspecified atom stereocenters. The summed E-state index contributed by atoms with van der Waals surface area (Å²) in [6, 6.07) is 3.50. The first-order chi connectivity index (χ1) is 11.2. The highest BCUT2D eigenvalue weighted by molar-refractivity contribution is 5.99. The first kappa shape index (κ1) is 14.3. The highest BCUT2D eigenvalue weighted by atomic mass is 19.1. The smallest absolute Gasteiger partial charge is 0.259 e. The molecule has 2 aliphatic heterocycles. The van der Waals surface area contributed by atoms with E-state index in [4.69, 9.17) is 0 Å². The molecule has 0 radical (unpaired) electrons. The van der Waals surface area contributed by atoms with Crippen LogP contribution in [0.4, 0.5) is 4.39 Å². The molecule has 1 aromatic carbocycles. The van der Waals surface area contributed by atoms with Gasteiger partial charge in [0.1, 0.15) is 17.1 Å². The van der Waals surface area contributed by atoms with Gasteiger partial charge in [-0.25, -0.2) is 4.39 Å². The molecule has 0 aliphatic carbocycles. The molecule has 7 heteroatoms. The maximum atomic E-state index is 14.7. The Morgan fingerprint density at radius 3 is 2.87 bits per heavy atom. The summed E-state index contributed by atoms with van der Waals surface area (Å²) in [5.41, 5.74) is 0.892. The maximum absolute atomic E-state index is 14.7. The minimum Gasteiger partial charge on any atom is -0.334 e. The van der Waals surface area contributed by atoms with Gasteiger partial charge in [0, 0.05) is 19.1 Å². The van der Waals surface area contributed by atoms with Crippen molar-refractivity contribution in [1.82, 2.24) is 25.2 Å². The Hall–Kier alpha value is -2.28. The zero-order valence-corrected chi connectivity index (χ0v) is 12.9. The van der Waals surface area contributed by atoms with Gasteiger partial charge in [0.25, 0.3) is 5.91 Å². The number of aryl methyl sites for hydroxylation is 1. The molecule has 6 nitrogen and oxygen atoms in total. The van der Waals surface area contributed by atoms with Crippen LogP contribution in [0.3, 0.4) is 0 Å². The highest BCUT2D eigenvalue weighted by Gasteiger charge is 2.44.